The number of hydrogen-bond donors (Lipinski definition) is 1. The van der Waals surface area contributed by atoms with Crippen molar-refractivity contribution in [3.05, 3.63) is 40.8 Å². The summed E-state index contributed by atoms with van der Waals surface area (Å²) in [6.07, 6.45) is 5.74. The Morgan fingerprint density at radius 3 is 2.71 bits per heavy atom. The molecular formula is C16H19N3OS. The number of thioether (sulfide) groups is 1. The van der Waals surface area contributed by atoms with Gasteiger partial charge < -0.3 is 5.32 Å². The Morgan fingerprint density at radius 2 is 1.95 bits per heavy atom. The Kier molecular flexibility index (Phi) is 4.72. The fourth-order valence-electron chi connectivity index (χ4n) is 2.47. The van der Waals surface area contributed by atoms with Gasteiger partial charge in [-0.2, -0.15) is 0 Å². The Bertz CT molecular complexity index is 562. The lowest BCUT2D eigenvalue weighted by atomic mass is 10.1. The molecule has 0 bridgehead atoms. The Balaban J connectivity index is 1.62. The lowest BCUT2D eigenvalue weighted by Gasteiger charge is -2.24. The molecule has 0 atom stereocenters. The number of nitrogens with one attached hydrogen (secondary N) is 1. The lowest BCUT2D eigenvalue weighted by molar-refractivity contribution is -0.115. The first-order valence-electron chi connectivity index (χ1n) is 7.34. The van der Waals surface area contributed by atoms with E-state index in [1.165, 1.54) is 31.0 Å². The number of aliphatic imine (C=N–C) groups is 1. The molecule has 3 rings (SSSR count). The molecule has 1 N–H and O–H groups in total. The second kappa shape index (κ2) is 6.91. The van der Waals surface area contributed by atoms with Crippen molar-refractivity contribution in [2.24, 2.45) is 4.99 Å². The number of benzene rings is 1. The van der Waals surface area contributed by atoms with Crippen molar-refractivity contribution < 1.29 is 4.79 Å². The van der Waals surface area contributed by atoms with Gasteiger partial charge in [0.15, 0.2) is 5.17 Å². The highest BCUT2D eigenvalue weighted by Crippen LogP contribution is 2.26. The van der Waals surface area contributed by atoms with Gasteiger partial charge in [0.05, 0.1) is 11.6 Å². The van der Waals surface area contributed by atoms with Crippen molar-refractivity contribution in [3.8, 4) is 0 Å². The van der Waals surface area contributed by atoms with Gasteiger partial charge >= 0.3 is 0 Å². The minimum Gasteiger partial charge on any atom is -0.301 e. The first-order valence-corrected chi connectivity index (χ1v) is 8.16. The fourth-order valence-corrected chi connectivity index (χ4v) is 3.28. The quantitative estimate of drug-likeness (QED) is 0.873. The van der Waals surface area contributed by atoms with Crippen LogP contribution in [0.5, 0.6) is 0 Å². The van der Waals surface area contributed by atoms with Crippen LogP contribution in [0.4, 0.5) is 0 Å². The van der Waals surface area contributed by atoms with Crippen LogP contribution in [0.3, 0.4) is 0 Å². The molecule has 0 aliphatic carbocycles. The monoisotopic (exact) mass is 301 g/mol. The number of amides is 1. The molecule has 21 heavy (non-hydrogen) atoms. The Labute approximate surface area is 129 Å². The van der Waals surface area contributed by atoms with Gasteiger partial charge in [-0.05, 0) is 49.3 Å². The third kappa shape index (κ3) is 3.95. The summed E-state index contributed by atoms with van der Waals surface area (Å²) in [4.78, 5) is 19.5. The highest BCUT2D eigenvalue weighted by molar-refractivity contribution is 8.18. The molecule has 1 amide bonds. The van der Waals surface area contributed by atoms with E-state index in [-0.39, 0.29) is 5.91 Å². The van der Waals surface area contributed by atoms with Crippen molar-refractivity contribution in [2.75, 3.05) is 19.8 Å². The van der Waals surface area contributed by atoms with Crippen molar-refractivity contribution in [3.63, 3.8) is 0 Å². The maximum Gasteiger partial charge on any atom is 0.264 e. The Morgan fingerprint density at radius 1 is 1.19 bits per heavy atom. The summed E-state index contributed by atoms with van der Waals surface area (Å²) in [5.74, 6) is -0.0544. The van der Waals surface area contributed by atoms with Gasteiger partial charge in [0.25, 0.3) is 5.91 Å². The van der Waals surface area contributed by atoms with Crippen molar-refractivity contribution >= 4 is 28.9 Å². The molecule has 4 nitrogen and oxygen atoms in total. The normalized spacial score (nSPS) is 23.7. The molecule has 0 unspecified atom stereocenters. The lowest BCUT2D eigenvalue weighted by Crippen LogP contribution is -2.31. The summed E-state index contributed by atoms with van der Waals surface area (Å²) >= 11 is 1.43. The van der Waals surface area contributed by atoms with Crippen molar-refractivity contribution in [1.82, 2.24) is 10.2 Å². The number of likely N-dealkylation sites (tertiary alicyclic amines) is 1. The topological polar surface area (TPSA) is 44.7 Å². The number of nitrogens with zero attached hydrogens (tertiary/aromatic N) is 2. The van der Waals surface area contributed by atoms with E-state index >= 15 is 0 Å². The van der Waals surface area contributed by atoms with E-state index in [0.717, 1.165) is 18.7 Å². The van der Waals surface area contributed by atoms with Gasteiger partial charge in [0.2, 0.25) is 0 Å². The summed E-state index contributed by atoms with van der Waals surface area (Å²) in [6, 6.07) is 9.88. The van der Waals surface area contributed by atoms with E-state index < -0.39 is 0 Å². The van der Waals surface area contributed by atoms with Crippen LogP contribution in [0, 0.1) is 0 Å². The number of carbonyl (C=O) groups is 1. The average Bonchev–Trinajstić information content (AvgIpc) is 2.87. The molecule has 0 aromatic heterocycles. The number of hydrogen-bond acceptors (Lipinski definition) is 4. The predicted octanol–water partition coefficient (Wildman–Crippen LogP) is 2.69. The maximum atomic E-state index is 11.9. The van der Waals surface area contributed by atoms with Crippen LogP contribution in [0.2, 0.25) is 0 Å². The molecule has 2 aliphatic heterocycles. The molecule has 2 saturated heterocycles. The molecule has 2 fully saturated rings. The summed E-state index contributed by atoms with van der Waals surface area (Å²) < 4.78 is 0. The summed E-state index contributed by atoms with van der Waals surface area (Å²) in [5, 5.41) is 3.56. The largest absolute Gasteiger partial charge is 0.301 e. The van der Waals surface area contributed by atoms with E-state index in [2.05, 4.69) is 15.2 Å². The molecule has 1 aromatic rings. The summed E-state index contributed by atoms with van der Waals surface area (Å²) in [5.41, 5.74) is 1.03. The van der Waals surface area contributed by atoms with Crippen molar-refractivity contribution in [1.29, 1.82) is 0 Å². The first kappa shape index (κ1) is 14.4. The van der Waals surface area contributed by atoms with E-state index in [4.69, 9.17) is 0 Å². The van der Waals surface area contributed by atoms with Crippen LogP contribution in [0.1, 0.15) is 24.8 Å². The zero-order valence-electron chi connectivity index (χ0n) is 11.9. The van der Waals surface area contributed by atoms with Crippen LogP contribution in [0.25, 0.3) is 6.08 Å². The van der Waals surface area contributed by atoms with E-state index in [9.17, 15) is 4.79 Å². The van der Waals surface area contributed by atoms with Crippen LogP contribution in [-0.4, -0.2) is 35.7 Å². The smallest absolute Gasteiger partial charge is 0.264 e. The van der Waals surface area contributed by atoms with Gasteiger partial charge in [-0.1, -0.05) is 36.8 Å². The van der Waals surface area contributed by atoms with E-state index in [0.29, 0.717) is 16.7 Å². The second-order valence-electron chi connectivity index (χ2n) is 5.26. The highest BCUT2D eigenvalue weighted by Gasteiger charge is 2.23. The molecule has 110 valence electrons. The average molecular weight is 301 g/mol. The maximum absolute atomic E-state index is 11.9. The number of piperidine rings is 1. The molecular weight excluding hydrogens is 282 g/mol. The predicted molar refractivity (Wildman–Crippen MR) is 87.9 cm³/mol. The van der Waals surface area contributed by atoms with Gasteiger partial charge in [0.1, 0.15) is 0 Å². The minimum atomic E-state index is -0.0544. The fraction of sp³-hybridized carbons (Fsp3) is 0.375. The van der Waals surface area contributed by atoms with E-state index in [1.807, 2.05) is 36.4 Å². The summed E-state index contributed by atoms with van der Waals surface area (Å²) in [6.45, 7) is 2.91. The van der Waals surface area contributed by atoms with E-state index in [1.54, 1.807) is 0 Å². The van der Waals surface area contributed by atoms with Crippen LogP contribution >= 0.6 is 11.8 Å². The molecule has 0 spiro atoms. The molecule has 2 aliphatic rings. The SMILES string of the molecule is O=C1N/C(=N\CN2CCCCC2)SC1=Cc1ccccc1. The van der Waals surface area contributed by atoms with Crippen molar-refractivity contribution in [2.45, 2.75) is 19.3 Å². The standard InChI is InChI=1S/C16H19N3OS/c20-15-14(11-13-7-3-1-4-8-13)21-16(18-15)17-12-19-9-5-2-6-10-19/h1,3-4,7-8,11H,2,5-6,9-10,12H2,(H,17,18,20). The Hall–Kier alpha value is -1.59. The summed E-state index contributed by atoms with van der Waals surface area (Å²) in [7, 11) is 0. The minimum absolute atomic E-state index is 0.0544. The zero-order valence-corrected chi connectivity index (χ0v) is 12.7. The molecule has 2 heterocycles. The van der Waals surface area contributed by atoms with Crippen LogP contribution in [0.15, 0.2) is 40.2 Å². The third-order valence-corrected chi connectivity index (χ3v) is 4.56. The number of carbonyl (C=O) groups excluding carboxylic acids is 1. The third-order valence-electron chi connectivity index (χ3n) is 3.61. The molecule has 0 saturated carbocycles. The number of amidine groups is 1. The van der Waals surface area contributed by atoms with Crippen LogP contribution in [-0.2, 0) is 4.79 Å². The molecule has 1 aromatic carbocycles. The zero-order chi connectivity index (χ0) is 14.5. The van der Waals surface area contributed by atoms with Gasteiger partial charge in [0, 0.05) is 0 Å². The molecule has 0 radical (unpaired) electrons. The highest BCUT2D eigenvalue weighted by atomic mass is 32.2. The van der Waals surface area contributed by atoms with Crippen LogP contribution < -0.4 is 5.32 Å². The first-order chi connectivity index (χ1) is 10.3. The van der Waals surface area contributed by atoms with Gasteiger partial charge in [-0.3, -0.25) is 9.69 Å². The van der Waals surface area contributed by atoms with Gasteiger partial charge in [-0.25, -0.2) is 4.99 Å². The molecule has 5 heteroatoms. The number of rotatable bonds is 3. The van der Waals surface area contributed by atoms with Gasteiger partial charge in [-0.15, -0.1) is 0 Å². The second-order valence-corrected chi connectivity index (χ2v) is 6.29.